The highest BCUT2D eigenvalue weighted by molar-refractivity contribution is 5.79. The molecule has 1 saturated heterocycles. The van der Waals surface area contributed by atoms with Gasteiger partial charge in [-0.3, -0.25) is 9.59 Å². The van der Waals surface area contributed by atoms with Crippen molar-refractivity contribution in [1.29, 1.82) is 0 Å². The molecular formula is C10H16O6. The van der Waals surface area contributed by atoms with Crippen molar-refractivity contribution < 1.29 is 29.3 Å². The molecule has 6 heteroatoms. The van der Waals surface area contributed by atoms with Gasteiger partial charge in [0, 0.05) is 6.61 Å². The Morgan fingerprint density at radius 2 is 1.81 bits per heavy atom. The van der Waals surface area contributed by atoms with Crippen LogP contribution >= 0.6 is 0 Å². The minimum atomic E-state index is -2.18. The number of aliphatic hydroxyl groups excluding tert-OH is 1. The van der Waals surface area contributed by atoms with Crippen molar-refractivity contribution in [3.63, 3.8) is 0 Å². The lowest BCUT2D eigenvalue weighted by molar-refractivity contribution is -0.327. The number of ether oxygens (including phenoxy) is 2. The molecule has 0 spiro atoms. The van der Waals surface area contributed by atoms with Crippen molar-refractivity contribution in [2.24, 2.45) is 5.92 Å². The lowest BCUT2D eigenvalue weighted by atomic mass is 10.0. The summed E-state index contributed by atoms with van der Waals surface area (Å²) in [6.07, 6.45) is 0.216. The Bertz CT molecular complexity index is 256. The second-order valence-electron chi connectivity index (χ2n) is 3.98. The Hall–Kier alpha value is -1.14. The van der Waals surface area contributed by atoms with Crippen molar-refractivity contribution in [3.8, 4) is 0 Å². The van der Waals surface area contributed by atoms with Crippen LogP contribution in [0.25, 0.3) is 0 Å². The standard InChI is InChI=1S/C10H16O6/c1-7(4-5-11)6-10(14)15-8(12)2-3-9(13)16-10/h7,11,14H,2-6H2,1H3. The second-order valence-corrected chi connectivity index (χ2v) is 3.98. The van der Waals surface area contributed by atoms with Gasteiger partial charge < -0.3 is 19.7 Å². The summed E-state index contributed by atoms with van der Waals surface area (Å²) < 4.78 is 9.36. The lowest BCUT2D eigenvalue weighted by Gasteiger charge is -2.27. The van der Waals surface area contributed by atoms with Crippen molar-refractivity contribution in [2.45, 2.75) is 38.6 Å². The number of hydrogen-bond donors (Lipinski definition) is 2. The van der Waals surface area contributed by atoms with E-state index in [0.29, 0.717) is 6.42 Å². The summed E-state index contributed by atoms with van der Waals surface area (Å²) in [6.45, 7) is 1.71. The van der Waals surface area contributed by atoms with Gasteiger partial charge in [0.15, 0.2) is 0 Å². The van der Waals surface area contributed by atoms with Crippen molar-refractivity contribution in [2.75, 3.05) is 6.61 Å². The van der Waals surface area contributed by atoms with E-state index in [4.69, 9.17) is 5.11 Å². The molecule has 2 N–H and O–H groups in total. The van der Waals surface area contributed by atoms with Gasteiger partial charge in [-0.1, -0.05) is 6.92 Å². The minimum Gasteiger partial charge on any atom is -0.398 e. The van der Waals surface area contributed by atoms with Gasteiger partial charge in [-0.2, -0.15) is 0 Å². The number of cyclic esters (lactones) is 2. The summed E-state index contributed by atoms with van der Waals surface area (Å²) in [6, 6.07) is 0. The SMILES string of the molecule is CC(CCO)CC1(O)OC(=O)CCC(=O)O1. The third-order valence-corrected chi connectivity index (χ3v) is 2.31. The zero-order valence-electron chi connectivity index (χ0n) is 9.14. The van der Waals surface area contributed by atoms with Crippen LogP contribution in [-0.2, 0) is 19.1 Å². The van der Waals surface area contributed by atoms with Gasteiger partial charge in [0.1, 0.15) is 0 Å². The molecular weight excluding hydrogens is 216 g/mol. The lowest BCUT2D eigenvalue weighted by Crippen LogP contribution is -2.39. The van der Waals surface area contributed by atoms with Crippen LogP contribution in [0.5, 0.6) is 0 Å². The number of hydrogen-bond acceptors (Lipinski definition) is 6. The highest BCUT2D eigenvalue weighted by atomic mass is 16.8. The van der Waals surface area contributed by atoms with Crippen LogP contribution < -0.4 is 0 Å². The molecule has 1 heterocycles. The maximum absolute atomic E-state index is 11.1. The van der Waals surface area contributed by atoms with Gasteiger partial charge in [-0.05, 0) is 12.3 Å². The molecule has 0 aromatic carbocycles. The predicted molar refractivity (Wildman–Crippen MR) is 51.9 cm³/mol. The average molecular weight is 232 g/mol. The molecule has 1 aliphatic heterocycles. The molecule has 92 valence electrons. The Morgan fingerprint density at radius 3 is 2.25 bits per heavy atom. The van der Waals surface area contributed by atoms with E-state index < -0.39 is 17.9 Å². The number of rotatable bonds is 4. The maximum atomic E-state index is 11.1. The molecule has 0 radical (unpaired) electrons. The zero-order chi connectivity index (χ0) is 12.2. The minimum absolute atomic E-state index is 0.0367. The molecule has 0 aromatic rings. The Morgan fingerprint density at radius 1 is 1.31 bits per heavy atom. The molecule has 6 nitrogen and oxygen atoms in total. The van der Waals surface area contributed by atoms with Crippen LogP contribution in [0, 0.1) is 5.92 Å². The van der Waals surface area contributed by atoms with Crippen LogP contribution in [0.1, 0.15) is 32.6 Å². The summed E-state index contributed by atoms with van der Waals surface area (Å²) in [7, 11) is 0. The predicted octanol–water partition coefficient (Wildman–Crippen LogP) is -0.0787. The van der Waals surface area contributed by atoms with E-state index in [1.807, 2.05) is 0 Å². The summed E-state index contributed by atoms with van der Waals surface area (Å²) >= 11 is 0. The number of carbonyl (C=O) groups excluding carboxylic acids is 2. The molecule has 0 bridgehead atoms. The first-order valence-corrected chi connectivity index (χ1v) is 5.22. The van der Waals surface area contributed by atoms with Crippen molar-refractivity contribution in [1.82, 2.24) is 0 Å². The van der Waals surface area contributed by atoms with Gasteiger partial charge in [0.25, 0.3) is 0 Å². The van der Waals surface area contributed by atoms with Gasteiger partial charge in [0.05, 0.1) is 19.3 Å². The molecule has 0 aliphatic carbocycles. The van der Waals surface area contributed by atoms with Crippen LogP contribution in [0.4, 0.5) is 0 Å². The van der Waals surface area contributed by atoms with E-state index in [0.717, 1.165) is 0 Å². The quantitative estimate of drug-likeness (QED) is 0.658. The van der Waals surface area contributed by atoms with E-state index in [2.05, 4.69) is 9.47 Å². The average Bonchev–Trinajstić information content (AvgIpc) is 2.24. The van der Waals surface area contributed by atoms with Gasteiger partial charge >= 0.3 is 17.9 Å². The topological polar surface area (TPSA) is 93.1 Å². The fourth-order valence-corrected chi connectivity index (χ4v) is 1.53. The first-order valence-electron chi connectivity index (χ1n) is 5.22. The number of esters is 2. The summed E-state index contributed by atoms with van der Waals surface area (Å²) in [5.74, 6) is -3.64. The maximum Gasteiger partial charge on any atom is 0.373 e. The molecule has 0 saturated carbocycles. The van der Waals surface area contributed by atoms with E-state index in [9.17, 15) is 14.7 Å². The Balaban J connectivity index is 2.64. The molecule has 0 amide bonds. The van der Waals surface area contributed by atoms with Gasteiger partial charge in [-0.15, -0.1) is 0 Å². The first kappa shape index (κ1) is 12.9. The molecule has 1 unspecified atom stereocenters. The van der Waals surface area contributed by atoms with Crippen molar-refractivity contribution in [3.05, 3.63) is 0 Å². The fraction of sp³-hybridized carbons (Fsp3) is 0.800. The largest absolute Gasteiger partial charge is 0.398 e. The van der Waals surface area contributed by atoms with E-state index in [1.54, 1.807) is 6.92 Å². The van der Waals surface area contributed by atoms with Crippen LogP contribution in [0.15, 0.2) is 0 Å². The fourth-order valence-electron chi connectivity index (χ4n) is 1.53. The highest BCUT2D eigenvalue weighted by Crippen LogP contribution is 2.26. The highest BCUT2D eigenvalue weighted by Gasteiger charge is 2.40. The third kappa shape index (κ3) is 3.79. The summed E-state index contributed by atoms with van der Waals surface area (Å²) in [5.41, 5.74) is 0. The smallest absolute Gasteiger partial charge is 0.373 e. The van der Waals surface area contributed by atoms with Crippen LogP contribution in [0.3, 0.4) is 0 Å². The number of carbonyl (C=O) groups is 2. The third-order valence-electron chi connectivity index (χ3n) is 2.31. The van der Waals surface area contributed by atoms with E-state index >= 15 is 0 Å². The molecule has 1 fully saturated rings. The normalized spacial score (nSPS) is 21.9. The molecule has 16 heavy (non-hydrogen) atoms. The first-order chi connectivity index (χ1) is 7.45. The monoisotopic (exact) mass is 232 g/mol. The summed E-state index contributed by atoms with van der Waals surface area (Å²) in [5, 5.41) is 18.5. The summed E-state index contributed by atoms with van der Waals surface area (Å²) in [4.78, 5) is 22.2. The van der Waals surface area contributed by atoms with E-state index in [-0.39, 0.29) is 31.8 Å². The second kappa shape index (κ2) is 5.27. The molecule has 1 rings (SSSR count). The van der Waals surface area contributed by atoms with Crippen molar-refractivity contribution >= 4 is 11.9 Å². The Kier molecular flexibility index (Phi) is 4.26. The van der Waals surface area contributed by atoms with E-state index in [1.165, 1.54) is 0 Å². The Labute approximate surface area is 93.2 Å². The molecule has 0 aromatic heterocycles. The van der Waals surface area contributed by atoms with Gasteiger partial charge in [-0.25, -0.2) is 0 Å². The van der Waals surface area contributed by atoms with Crippen LogP contribution in [0.2, 0.25) is 0 Å². The zero-order valence-corrected chi connectivity index (χ0v) is 9.14. The number of aliphatic hydroxyl groups is 2. The van der Waals surface area contributed by atoms with Gasteiger partial charge in [0.2, 0.25) is 0 Å². The van der Waals surface area contributed by atoms with Crippen LogP contribution in [-0.4, -0.2) is 34.7 Å². The molecule has 1 atom stereocenters. The molecule has 1 aliphatic rings.